The Kier molecular flexibility index (Phi) is 2.99. The van der Waals surface area contributed by atoms with E-state index in [1.165, 1.54) is 5.56 Å². The second-order valence-electron chi connectivity index (χ2n) is 4.76. The number of aryl methyl sites for hydroxylation is 1. The number of nitrogens with two attached hydrogens (primary N) is 1. The van der Waals surface area contributed by atoms with Crippen molar-refractivity contribution in [3.8, 4) is 0 Å². The van der Waals surface area contributed by atoms with Gasteiger partial charge in [-0.15, -0.1) is 0 Å². The normalized spacial score (nSPS) is 13.6. The zero-order chi connectivity index (χ0) is 13.2. The lowest BCUT2D eigenvalue weighted by Gasteiger charge is -2.17. The van der Waals surface area contributed by atoms with Crippen LogP contribution in [-0.2, 0) is 17.6 Å². The molecular formula is C15H16N2O2. The van der Waals surface area contributed by atoms with Gasteiger partial charge in [-0.2, -0.15) is 0 Å². The van der Waals surface area contributed by atoms with Crippen LogP contribution in [0.3, 0.4) is 0 Å². The number of anilines is 2. The molecule has 0 bridgehead atoms. The van der Waals surface area contributed by atoms with E-state index in [0.717, 1.165) is 24.4 Å². The Bertz CT molecular complexity index is 590. The highest BCUT2D eigenvalue weighted by Gasteiger charge is 2.24. The third-order valence-electron chi connectivity index (χ3n) is 3.47. The van der Waals surface area contributed by atoms with Crippen molar-refractivity contribution in [2.75, 3.05) is 17.2 Å². The van der Waals surface area contributed by atoms with Crippen molar-refractivity contribution in [3.05, 3.63) is 47.9 Å². The van der Waals surface area contributed by atoms with Gasteiger partial charge in [0.05, 0.1) is 6.26 Å². The topological polar surface area (TPSA) is 59.5 Å². The number of benzene rings is 1. The van der Waals surface area contributed by atoms with Crippen LogP contribution < -0.4 is 10.6 Å². The molecule has 0 fully saturated rings. The molecular weight excluding hydrogens is 240 g/mol. The number of rotatable bonds is 3. The van der Waals surface area contributed by atoms with Gasteiger partial charge >= 0.3 is 0 Å². The van der Waals surface area contributed by atoms with Crippen LogP contribution in [0.15, 0.2) is 41.0 Å². The Hall–Kier alpha value is -2.23. The Morgan fingerprint density at radius 2 is 2.26 bits per heavy atom. The zero-order valence-electron chi connectivity index (χ0n) is 10.6. The molecule has 0 radical (unpaired) electrons. The largest absolute Gasteiger partial charge is 0.469 e. The predicted octanol–water partition coefficient (Wildman–Crippen LogP) is 2.38. The van der Waals surface area contributed by atoms with E-state index >= 15 is 0 Å². The minimum Gasteiger partial charge on any atom is -0.469 e. The minimum atomic E-state index is 0.126. The molecule has 4 nitrogen and oxygen atoms in total. The van der Waals surface area contributed by atoms with E-state index in [9.17, 15) is 4.79 Å². The average Bonchev–Trinajstić information content (AvgIpc) is 3.04. The number of carbonyl (C=O) groups excluding carboxylic acids is 1. The van der Waals surface area contributed by atoms with Gasteiger partial charge in [-0.25, -0.2) is 0 Å². The Labute approximate surface area is 111 Å². The maximum Gasteiger partial charge on any atom is 0.227 e. The van der Waals surface area contributed by atoms with Gasteiger partial charge in [-0.05, 0) is 36.2 Å². The Morgan fingerprint density at radius 1 is 1.37 bits per heavy atom. The SMILES string of the molecule is Nc1ccc2c(c1)N(C(=O)CCc1ccco1)CC2. The molecule has 0 unspecified atom stereocenters. The summed E-state index contributed by atoms with van der Waals surface area (Å²) in [7, 11) is 0. The van der Waals surface area contributed by atoms with Crippen LogP contribution in [0.25, 0.3) is 0 Å². The smallest absolute Gasteiger partial charge is 0.227 e. The highest BCUT2D eigenvalue weighted by atomic mass is 16.3. The number of fused-ring (bicyclic) bond motifs is 1. The average molecular weight is 256 g/mol. The van der Waals surface area contributed by atoms with Gasteiger partial charge < -0.3 is 15.1 Å². The fourth-order valence-corrected chi connectivity index (χ4v) is 2.48. The van der Waals surface area contributed by atoms with Crippen molar-refractivity contribution in [3.63, 3.8) is 0 Å². The third-order valence-corrected chi connectivity index (χ3v) is 3.47. The van der Waals surface area contributed by atoms with Gasteiger partial charge in [0.25, 0.3) is 0 Å². The molecule has 2 aromatic rings. The lowest BCUT2D eigenvalue weighted by molar-refractivity contribution is -0.118. The number of furan rings is 1. The molecule has 1 aliphatic heterocycles. The number of nitrogen functional groups attached to an aromatic ring is 1. The maximum absolute atomic E-state index is 12.3. The zero-order valence-corrected chi connectivity index (χ0v) is 10.6. The minimum absolute atomic E-state index is 0.126. The Balaban J connectivity index is 1.71. The summed E-state index contributed by atoms with van der Waals surface area (Å²) in [5, 5.41) is 0. The van der Waals surface area contributed by atoms with Crippen LogP contribution in [-0.4, -0.2) is 12.5 Å². The van der Waals surface area contributed by atoms with Crippen LogP contribution in [0.1, 0.15) is 17.7 Å². The number of carbonyl (C=O) groups is 1. The van der Waals surface area contributed by atoms with Crippen molar-refractivity contribution >= 4 is 17.3 Å². The molecule has 2 heterocycles. The van der Waals surface area contributed by atoms with Crippen LogP contribution >= 0.6 is 0 Å². The molecule has 0 atom stereocenters. The van der Waals surface area contributed by atoms with E-state index in [1.54, 1.807) is 6.26 Å². The molecule has 3 rings (SSSR count). The van der Waals surface area contributed by atoms with Crippen molar-refractivity contribution in [1.82, 2.24) is 0 Å². The first-order valence-corrected chi connectivity index (χ1v) is 6.45. The molecule has 2 N–H and O–H groups in total. The monoisotopic (exact) mass is 256 g/mol. The van der Waals surface area contributed by atoms with Crippen LogP contribution in [0.4, 0.5) is 11.4 Å². The second kappa shape index (κ2) is 4.80. The van der Waals surface area contributed by atoms with E-state index in [4.69, 9.17) is 10.2 Å². The molecule has 1 aliphatic rings. The van der Waals surface area contributed by atoms with Crippen LogP contribution in [0.2, 0.25) is 0 Å². The van der Waals surface area contributed by atoms with Crippen LogP contribution in [0, 0.1) is 0 Å². The molecule has 0 saturated heterocycles. The molecule has 0 spiro atoms. The lowest BCUT2D eigenvalue weighted by Crippen LogP contribution is -2.29. The number of nitrogens with zero attached hydrogens (tertiary/aromatic N) is 1. The fourth-order valence-electron chi connectivity index (χ4n) is 2.48. The molecule has 1 aromatic heterocycles. The summed E-state index contributed by atoms with van der Waals surface area (Å²) in [5.74, 6) is 0.973. The van der Waals surface area contributed by atoms with Gasteiger partial charge in [0.1, 0.15) is 5.76 Å². The first-order chi connectivity index (χ1) is 9.24. The molecule has 0 saturated carbocycles. The van der Waals surface area contributed by atoms with E-state index in [2.05, 4.69) is 0 Å². The van der Waals surface area contributed by atoms with Gasteiger partial charge in [0.2, 0.25) is 5.91 Å². The molecule has 4 heteroatoms. The number of hydrogen-bond donors (Lipinski definition) is 1. The summed E-state index contributed by atoms with van der Waals surface area (Å²) in [4.78, 5) is 14.1. The lowest BCUT2D eigenvalue weighted by atomic mass is 10.1. The number of hydrogen-bond acceptors (Lipinski definition) is 3. The van der Waals surface area contributed by atoms with E-state index in [-0.39, 0.29) is 5.91 Å². The summed E-state index contributed by atoms with van der Waals surface area (Å²) in [5.41, 5.74) is 8.65. The van der Waals surface area contributed by atoms with Crippen molar-refractivity contribution < 1.29 is 9.21 Å². The predicted molar refractivity (Wildman–Crippen MR) is 73.9 cm³/mol. The van der Waals surface area contributed by atoms with Crippen molar-refractivity contribution in [1.29, 1.82) is 0 Å². The van der Waals surface area contributed by atoms with E-state index < -0.39 is 0 Å². The number of amides is 1. The first kappa shape index (κ1) is 11.8. The highest BCUT2D eigenvalue weighted by molar-refractivity contribution is 5.96. The summed E-state index contributed by atoms with van der Waals surface area (Å²) in [6.07, 6.45) is 3.63. The molecule has 0 aliphatic carbocycles. The molecule has 1 aromatic carbocycles. The van der Waals surface area contributed by atoms with E-state index in [1.807, 2.05) is 35.2 Å². The second-order valence-corrected chi connectivity index (χ2v) is 4.76. The van der Waals surface area contributed by atoms with Gasteiger partial charge in [0.15, 0.2) is 0 Å². The van der Waals surface area contributed by atoms with Crippen LogP contribution in [0.5, 0.6) is 0 Å². The summed E-state index contributed by atoms with van der Waals surface area (Å²) in [6.45, 7) is 0.746. The van der Waals surface area contributed by atoms with Crippen molar-refractivity contribution in [2.24, 2.45) is 0 Å². The standard InChI is InChI=1S/C15H16N2O2/c16-12-4-3-11-7-8-17(14(11)10-12)15(18)6-5-13-2-1-9-19-13/h1-4,9-10H,5-8,16H2. The first-order valence-electron chi connectivity index (χ1n) is 6.45. The maximum atomic E-state index is 12.3. The van der Waals surface area contributed by atoms with Gasteiger partial charge in [-0.3, -0.25) is 4.79 Å². The highest BCUT2D eigenvalue weighted by Crippen LogP contribution is 2.30. The summed E-state index contributed by atoms with van der Waals surface area (Å²) in [6, 6.07) is 9.50. The third kappa shape index (κ3) is 2.34. The van der Waals surface area contributed by atoms with Crippen molar-refractivity contribution in [2.45, 2.75) is 19.3 Å². The van der Waals surface area contributed by atoms with E-state index in [0.29, 0.717) is 18.5 Å². The molecule has 19 heavy (non-hydrogen) atoms. The molecule has 1 amide bonds. The van der Waals surface area contributed by atoms with Gasteiger partial charge in [-0.1, -0.05) is 6.07 Å². The quantitative estimate of drug-likeness (QED) is 0.858. The fraction of sp³-hybridized carbons (Fsp3) is 0.267. The van der Waals surface area contributed by atoms with Gasteiger partial charge in [0, 0.05) is 30.8 Å². The summed E-state index contributed by atoms with van der Waals surface area (Å²) >= 11 is 0. The Morgan fingerprint density at radius 3 is 3.05 bits per heavy atom. The summed E-state index contributed by atoms with van der Waals surface area (Å²) < 4.78 is 5.24. The molecule has 98 valence electrons.